The van der Waals surface area contributed by atoms with Gasteiger partial charge in [-0.3, -0.25) is 13.9 Å². The number of nitrogens with one attached hydrogen (secondary N) is 1. The van der Waals surface area contributed by atoms with Crippen molar-refractivity contribution in [3.63, 3.8) is 0 Å². The highest BCUT2D eigenvalue weighted by molar-refractivity contribution is 5.80. The van der Waals surface area contributed by atoms with Gasteiger partial charge in [-0.2, -0.15) is 5.21 Å². The van der Waals surface area contributed by atoms with E-state index in [0.29, 0.717) is 42.5 Å². The Labute approximate surface area is 231 Å². The Bertz CT molecular complexity index is 1770. The highest BCUT2D eigenvalue weighted by Crippen LogP contribution is 2.32. The third-order valence-corrected chi connectivity index (χ3v) is 7.46. The van der Waals surface area contributed by atoms with E-state index in [4.69, 9.17) is 4.98 Å². The third-order valence-electron chi connectivity index (χ3n) is 7.46. The second kappa shape index (κ2) is 10.3. The summed E-state index contributed by atoms with van der Waals surface area (Å²) in [4.78, 5) is 32.3. The van der Waals surface area contributed by atoms with Gasteiger partial charge in [-0.15, -0.1) is 10.2 Å². The van der Waals surface area contributed by atoms with E-state index in [9.17, 15) is 9.59 Å². The fourth-order valence-corrected chi connectivity index (χ4v) is 5.34. The maximum Gasteiger partial charge on any atom is 0.332 e. The van der Waals surface area contributed by atoms with Crippen LogP contribution >= 0.6 is 0 Å². The number of hydrogen-bond donors (Lipinski definition) is 1. The Morgan fingerprint density at radius 3 is 2.27 bits per heavy atom. The molecule has 3 heterocycles. The maximum atomic E-state index is 13.8. The number of benzene rings is 2. The van der Waals surface area contributed by atoms with Gasteiger partial charge in [0.1, 0.15) is 5.82 Å². The number of nitrogens with zero attached hydrogens (tertiary/aromatic N) is 7. The van der Waals surface area contributed by atoms with Crippen LogP contribution in [0.2, 0.25) is 0 Å². The first-order valence-corrected chi connectivity index (χ1v) is 14.0. The molecule has 0 bridgehead atoms. The Balaban J connectivity index is 1.44. The van der Waals surface area contributed by atoms with Crippen molar-refractivity contribution in [1.29, 1.82) is 0 Å². The molecule has 0 aliphatic heterocycles. The van der Waals surface area contributed by atoms with Gasteiger partial charge in [0.2, 0.25) is 5.82 Å². The maximum absolute atomic E-state index is 13.8. The number of aromatic amines is 1. The van der Waals surface area contributed by atoms with Crippen LogP contribution in [0.5, 0.6) is 0 Å². The van der Waals surface area contributed by atoms with Crippen molar-refractivity contribution in [3.05, 3.63) is 80.8 Å². The van der Waals surface area contributed by atoms with Crippen LogP contribution in [0.25, 0.3) is 33.7 Å². The van der Waals surface area contributed by atoms with Gasteiger partial charge in [0.25, 0.3) is 5.56 Å². The number of rotatable bonds is 9. The van der Waals surface area contributed by atoms with E-state index in [1.165, 1.54) is 4.57 Å². The van der Waals surface area contributed by atoms with Gasteiger partial charge in [0, 0.05) is 31.1 Å². The molecular formula is C30H34N8O2. The summed E-state index contributed by atoms with van der Waals surface area (Å²) in [6, 6.07) is 16.3. The molecule has 0 unspecified atom stereocenters. The minimum Gasteiger partial charge on any atom is -0.317 e. The van der Waals surface area contributed by atoms with Crippen LogP contribution in [0.15, 0.2) is 58.1 Å². The normalized spacial score (nSPS) is 13.7. The van der Waals surface area contributed by atoms with Crippen LogP contribution in [0.1, 0.15) is 57.8 Å². The standard InChI is InChI=1S/C30H34N8O2/c1-18(2)15-38-29(39)25-28(37(30(38)40)17-20-9-10-20)31-27(19(3)4)36(25)16-21-11-13-22(14-12-21)23-7-5-6-8-24(23)26-32-34-35-33-26/h5-8,11-14,18-20H,9-10,15-17H2,1-4H3,(H,32,33,34,35). The van der Waals surface area contributed by atoms with Gasteiger partial charge >= 0.3 is 5.69 Å². The molecule has 1 aliphatic carbocycles. The monoisotopic (exact) mass is 538 g/mol. The first kappa shape index (κ1) is 25.9. The molecule has 40 heavy (non-hydrogen) atoms. The molecule has 0 saturated heterocycles. The third kappa shape index (κ3) is 4.78. The summed E-state index contributed by atoms with van der Waals surface area (Å²) in [5.74, 6) is 2.07. The zero-order valence-corrected chi connectivity index (χ0v) is 23.3. The van der Waals surface area contributed by atoms with Crippen LogP contribution in [0.3, 0.4) is 0 Å². The highest BCUT2D eigenvalue weighted by Gasteiger charge is 2.28. The molecule has 2 aromatic carbocycles. The molecule has 0 spiro atoms. The number of hydrogen-bond acceptors (Lipinski definition) is 6. The van der Waals surface area contributed by atoms with Crippen LogP contribution in [-0.4, -0.2) is 39.3 Å². The summed E-state index contributed by atoms with van der Waals surface area (Å²) >= 11 is 0. The van der Waals surface area contributed by atoms with Crippen molar-refractivity contribution in [1.82, 2.24) is 39.3 Å². The Morgan fingerprint density at radius 2 is 1.65 bits per heavy atom. The average molecular weight is 539 g/mol. The summed E-state index contributed by atoms with van der Waals surface area (Å²) < 4.78 is 5.18. The molecule has 1 saturated carbocycles. The minimum atomic E-state index is -0.259. The Hall–Kier alpha value is -4.34. The largest absolute Gasteiger partial charge is 0.332 e. The quantitative estimate of drug-likeness (QED) is 0.297. The predicted octanol–water partition coefficient (Wildman–Crippen LogP) is 4.44. The lowest BCUT2D eigenvalue weighted by molar-refractivity contribution is 0.468. The van der Waals surface area contributed by atoms with Gasteiger partial charge in [0.15, 0.2) is 11.2 Å². The predicted molar refractivity (Wildman–Crippen MR) is 154 cm³/mol. The summed E-state index contributed by atoms with van der Waals surface area (Å²) in [6.45, 7) is 9.67. The van der Waals surface area contributed by atoms with Crippen molar-refractivity contribution in [2.24, 2.45) is 11.8 Å². The molecule has 3 aromatic heterocycles. The van der Waals surface area contributed by atoms with E-state index >= 15 is 0 Å². The van der Waals surface area contributed by atoms with E-state index in [2.05, 4.69) is 58.7 Å². The smallest absolute Gasteiger partial charge is 0.317 e. The summed E-state index contributed by atoms with van der Waals surface area (Å²) in [5, 5.41) is 14.5. The summed E-state index contributed by atoms with van der Waals surface area (Å²) in [5.41, 5.74) is 4.48. The minimum absolute atomic E-state index is 0.0796. The van der Waals surface area contributed by atoms with Crippen molar-refractivity contribution in [2.75, 3.05) is 0 Å². The van der Waals surface area contributed by atoms with Crippen LogP contribution in [0, 0.1) is 11.8 Å². The number of fused-ring (bicyclic) bond motifs is 1. The number of imidazole rings is 1. The molecule has 0 radical (unpaired) electrons. The first-order chi connectivity index (χ1) is 19.3. The molecule has 0 amide bonds. The highest BCUT2D eigenvalue weighted by atomic mass is 16.2. The van der Waals surface area contributed by atoms with Gasteiger partial charge in [-0.25, -0.2) is 9.78 Å². The molecule has 1 N–H and O–H groups in total. The molecular weight excluding hydrogens is 504 g/mol. The SMILES string of the molecule is CC(C)Cn1c(=O)c2c(nc(C(C)C)n2Cc2ccc(-c3ccccc3-c3nn[nH]n3)cc2)n(CC2CC2)c1=O. The van der Waals surface area contributed by atoms with Crippen LogP contribution in [0.4, 0.5) is 0 Å². The van der Waals surface area contributed by atoms with Gasteiger partial charge < -0.3 is 4.57 Å². The average Bonchev–Trinajstić information content (AvgIpc) is 3.43. The first-order valence-electron chi connectivity index (χ1n) is 14.0. The van der Waals surface area contributed by atoms with Crippen molar-refractivity contribution < 1.29 is 0 Å². The lowest BCUT2D eigenvalue weighted by atomic mass is 9.98. The van der Waals surface area contributed by atoms with E-state index in [1.54, 1.807) is 4.57 Å². The zero-order chi connectivity index (χ0) is 28.0. The lowest BCUT2D eigenvalue weighted by Crippen LogP contribution is -2.42. The molecule has 10 nitrogen and oxygen atoms in total. The summed E-state index contributed by atoms with van der Waals surface area (Å²) in [7, 11) is 0. The van der Waals surface area contributed by atoms with E-state index in [1.807, 2.05) is 42.7 Å². The topological polar surface area (TPSA) is 116 Å². The number of aromatic nitrogens is 8. The number of H-pyrrole nitrogens is 1. The fourth-order valence-electron chi connectivity index (χ4n) is 5.34. The van der Waals surface area contributed by atoms with E-state index in [-0.39, 0.29) is 23.1 Å². The molecule has 0 atom stereocenters. The van der Waals surface area contributed by atoms with Crippen molar-refractivity contribution >= 4 is 11.2 Å². The molecule has 10 heteroatoms. The Morgan fingerprint density at radius 1 is 0.925 bits per heavy atom. The molecule has 1 fully saturated rings. The van der Waals surface area contributed by atoms with Gasteiger partial charge in [0.05, 0.1) is 0 Å². The van der Waals surface area contributed by atoms with Crippen molar-refractivity contribution in [2.45, 2.75) is 66.1 Å². The number of tetrazole rings is 1. The zero-order valence-electron chi connectivity index (χ0n) is 23.3. The van der Waals surface area contributed by atoms with Gasteiger partial charge in [-0.1, -0.05) is 76.2 Å². The molecule has 206 valence electrons. The lowest BCUT2D eigenvalue weighted by Gasteiger charge is -2.15. The second-order valence-electron chi connectivity index (χ2n) is 11.5. The Kier molecular flexibility index (Phi) is 6.69. The molecule has 5 aromatic rings. The fraction of sp³-hybridized carbons (Fsp3) is 0.400. The second-order valence-corrected chi connectivity index (χ2v) is 11.5. The molecule has 1 aliphatic rings. The van der Waals surface area contributed by atoms with Gasteiger partial charge in [-0.05, 0) is 46.6 Å². The van der Waals surface area contributed by atoms with E-state index < -0.39 is 0 Å². The summed E-state index contributed by atoms with van der Waals surface area (Å²) in [6.07, 6.45) is 2.22. The van der Waals surface area contributed by atoms with Crippen LogP contribution in [-0.2, 0) is 19.6 Å². The molecule has 6 rings (SSSR count). The van der Waals surface area contributed by atoms with Crippen LogP contribution < -0.4 is 11.2 Å². The van der Waals surface area contributed by atoms with E-state index in [0.717, 1.165) is 40.9 Å². The van der Waals surface area contributed by atoms with Crippen molar-refractivity contribution in [3.8, 4) is 22.5 Å².